The van der Waals surface area contributed by atoms with E-state index in [1.807, 2.05) is 36.4 Å². The van der Waals surface area contributed by atoms with Gasteiger partial charge in [-0.15, -0.1) is 0 Å². The molecular formula is C22H20Cl3N3O4. The summed E-state index contributed by atoms with van der Waals surface area (Å²) in [5.41, 5.74) is 3.70. The summed E-state index contributed by atoms with van der Waals surface area (Å²) in [4.78, 5) is 20.8. The van der Waals surface area contributed by atoms with Crippen molar-refractivity contribution in [3.05, 3.63) is 66.1 Å². The smallest absolute Gasteiger partial charge is 0.411 e. The Morgan fingerprint density at radius 3 is 2.47 bits per heavy atom. The second kappa shape index (κ2) is 10.7. The monoisotopic (exact) mass is 495 g/mol. The van der Waals surface area contributed by atoms with E-state index in [2.05, 4.69) is 15.3 Å². The third-order valence-electron chi connectivity index (χ3n) is 4.36. The Kier molecular flexibility index (Phi) is 8.01. The summed E-state index contributed by atoms with van der Waals surface area (Å²) in [6.45, 7) is -0.391. The molecule has 1 amide bonds. The SMILES string of the molecule is COc1ccc(Cc2cc(-c3ccccc3OC)ncn2)cc1NC(=O)OCC(Cl)(Cl)Cl. The first-order valence-electron chi connectivity index (χ1n) is 9.41. The highest BCUT2D eigenvalue weighted by Crippen LogP contribution is 2.30. The Morgan fingerprint density at radius 1 is 1.00 bits per heavy atom. The van der Waals surface area contributed by atoms with Crippen molar-refractivity contribution in [3.8, 4) is 22.8 Å². The molecule has 0 saturated heterocycles. The van der Waals surface area contributed by atoms with E-state index in [-0.39, 0.29) is 0 Å². The fourth-order valence-electron chi connectivity index (χ4n) is 2.96. The molecule has 3 rings (SSSR count). The summed E-state index contributed by atoms with van der Waals surface area (Å²) in [6.07, 6.45) is 1.23. The van der Waals surface area contributed by atoms with Gasteiger partial charge in [0.1, 0.15) is 24.4 Å². The quantitative estimate of drug-likeness (QED) is 0.424. The highest BCUT2D eigenvalue weighted by atomic mass is 35.6. The first kappa shape index (κ1) is 23.9. The molecule has 0 bridgehead atoms. The number of amides is 1. The molecule has 1 heterocycles. The molecule has 0 aliphatic rings. The van der Waals surface area contributed by atoms with E-state index in [0.717, 1.165) is 28.3 Å². The molecule has 1 aromatic heterocycles. The average molecular weight is 497 g/mol. The second-order valence-corrected chi connectivity index (χ2v) is 9.14. The van der Waals surface area contributed by atoms with Crippen molar-refractivity contribution in [1.29, 1.82) is 0 Å². The molecule has 0 atom stereocenters. The van der Waals surface area contributed by atoms with Crippen LogP contribution in [0.2, 0.25) is 0 Å². The van der Waals surface area contributed by atoms with Gasteiger partial charge in [-0.05, 0) is 35.9 Å². The van der Waals surface area contributed by atoms with Crippen molar-refractivity contribution >= 4 is 46.6 Å². The highest BCUT2D eigenvalue weighted by Gasteiger charge is 2.22. The zero-order chi connectivity index (χ0) is 23.1. The molecule has 0 aliphatic carbocycles. The van der Waals surface area contributed by atoms with Crippen molar-refractivity contribution in [2.24, 2.45) is 0 Å². The summed E-state index contributed by atoms with van der Waals surface area (Å²) < 4.78 is 14.0. The summed E-state index contributed by atoms with van der Waals surface area (Å²) >= 11 is 16.8. The Hall–Kier alpha value is -2.74. The van der Waals surface area contributed by atoms with E-state index in [0.29, 0.717) is 17.9 Å². The predicted octanol–water partition coefficient (Wildman–Crippen LogP) is 5.67. The molecule has 0 radical (unpaired) electrons. The van der Waals surface area contributed by atoms with Crippen LogP contribution in [0.25, 0.3) is 11.3 Å². The molecule has 0 fully saturated rings. The minimum Gasteiger partial charge on any atom is -0.496 e. The molecule has 0 spiro atoms. The van der Waals surface area contributed by atoms with Gasteiger partial charge in [-0.1, -0.05) is 53.0 Å². The molecule has 10 heteroatoms. The van der Waals surface area contributed by atoms with Gasteiger partial charge in [-0.2, -0.15) is 0 Å². The Morgan fingerprint density at radius 2 is 1.75 bits per heavy atom. The van der Waals surface area contributed by atoms with Gasteiger partial charge in [0.05, 0.1) is 25.6 Å². The Bertz CT molecular complexity index is 1090. The Balaban J connectivity index is 1.79. The number of anilines is 1. The first-order chi connectivity index (χ1) is 15.3. The van der Waals surface area contributed by atoms with Gasteiger partial charge in [0, 0.05) is 17.7 Å². The van der Waals surface area contributed by atoms with Crippen molar-refractivity contribution in [2.75, 3.05) is 26.1 Å². The summed E-state index contributed by atoms with van der Waals surface area (Å²) in [7, 11) is 3.11. The van der Waals surface area contributed by atoms with Gasteiger partial charge in [0.2, 0.25) is 3.79 Å². The van der Waals surface area contributed by atoms with Gasteiger partial charge in [-0.25, -0.2) is 14.8 Å². The topological polar surface area (TPSA) is 82.6 Å². The molecule has 2 aromatic carbocycles. The van der Waals surface area contributed by atoms with Crippen LogP contribution < -0.4 is 14.8 Å². The number of hydrogen-bond acceptors (Lipinski definition) is 6. The van der Waals surface area contributed by atoms with Crippen LogP contribution in [0, 0.1) is 0 Å². The number of rotatable bonds is 7. The molecule has 7 nitrogen and oxygen atoms in total. The standard InChI is InChI=1S/C22H20Cl3N3O4/c1-30-19-6-4-3-5-16(19)17-11-15(26-13-27-17)9-14-7-8-20(31-2)18(10-14)28-21(29)32-12-22(23,24)25/h3-8,10-11,13H,9,12H2,1-2H3,(H,28,29). The zero-order valence-electron chi connectivity index (χ0n) is 17.3. The van der Waals surface area contributed by atoms with Gasteiger partial charge in [0.25, 0.3) is 0 Å². The molecule has 0 unspecified atom stereocenters. The average Bonchev–Trinajstić information content (AvgIpc) is 2.77. The van der Waals surface area contributed by atoms with Crippen molar-refractivity contribution in [3.63, 3.8) is 0 Å². The van der Waals surface area contributed by atoms with Crippen LogP contribution in [0.3, 0.4) is 0 Å². The fourth-order valence-corrected chi connectivity index (χ4v) is 3.13. The van der Waals surface area contributed by atoms with Gasteiger partial charge in [-0.3, -0.25) is 5.32 Å². The van der Waals surface area contributed by atoms with E-state index in [1.165, 1.54) is 13.4 Å². The third kappa shape index (κ3) is 6.63. The molecule has 32 heavy (non-hydrogen) atoms. The second-order valence-electron chi connectivity index (χ2n) is 6.62. The number of carbonyl (C=O) groups is 1. The van der Waals surface area contributed by atoms with Crippen LogP contribution in [-0.4, -0.2) is 40.7 Å². The molecule has 168 valence electrons. The maximum Gasteiger partial charge on any atom is 0.411 e. The molecule has 3 aromatic rings. The number of carbonyl (C=O) groups excluding carboxylic acids is 1. The van der Waals surface area contributed by atoms with Crippen molar-refractivity contribution in [2.45, 2.75) is 10.2 Å². The number of alkyl halides is 3. The number of nitrogens with one attached hydrogen (secondary N) is 1. The maximum atomic E-state index is 12.1. The van der Waals surface area contributed by atoms with Gasteiger partial charge >= 0.3 is 6.09 Å². The number of halogens is 3. The van der Waals surface area contributed by atoms with E-state index in [1.54, 1.807) is 19.2 Å². The summed E-state index contributed by atoms with van der Waals surface area (Å²) in [5.74, 6) is 1.18. The number of aromatic nitrogens is 2. The lowest BCUT2D eigenvalue weighted by atomic mass is 10.1. The minimum absolute atomic E-state index is 0.391. The van der Waals surface area contributed by atoms with E-state index >= 15 is 0 Å². The maximum absolute atomic E-state index is 12.1. The summed E-state index contributed by atoms with van der Waals surface area (Å²) in [6, 6.07) is 14.9. The predicted molar refractivity (Wildman–Crippen MR) is 125 cm³/mol. The highest BCUT2D eigenvalue weighted by molar-refractivity contribution is 6.67. The van der Waals surface area contributed by atoms with Crippen LogP contribution in [0.4, 0.5) is 10.5 Å². The number of para-hydroxylation sites is 1. The lowest BCUT2D eigenvalue weighted by Crippen LogP contribution is -2.21. The van der Waals surface area contributed by atoms with Gasteiger partial charge in [0.15, 0.2) is 0 Å². The number of nitrogens with zero attached hydrogens (tertiary/aromatic N) is 2. The minimum atomic E-state index is -1.70. The number of methoxy groups -OCH3 is 2. The molecule has 0 aliphatic heterocycles. The normalized spacial score (nSPS) is 11.0. The summed E-state index contributed by atoms with van der Waals surface area (Å²) in [5, 5.41) is 2.60. The lowest BCUT2D eigenvalue weighted by molar-refractivity contribution is 0.164. The Labute approximate surface area is 200 Å². The van der Waals surface area contributed by atoms with E-state index in [9.17, 15) is 4.79 Å². The number of benzene rings is 2. The van der Waals surface area contributed by atoms with Crippen LogP contribution in [0.5, 0.6) is 11.5 Å². The van der Waals surface area contributed by atoms with Crippen LogP contribution in [0.1, 0.15) is 11.3 Å². The third-order valence-corrected chi connectivity index (χ3v) is 4.69. The van der Waals surface area contributed by atoms with Crippen molar-refractivity contribution < 1.29 is 19.0 Å². The van der Waals surface area contributed by atoms with Crippen LogP contribution in [0.15, 0.2) is 54.9 Å². The van der Waals surface area contributed by atoms with Crippen LogP contribution in [-0.2, 0) is 11.2 Å². The molecular weight excluding hydrogens is 477 g/mol. The first-order valence-corrected chi connectivity index (χ1v) is 10.5. The fraction of sp³-hybridized carbons (Fsp3) is 0.227. The number of ether oxygens (including phenoxy) is 3. The largest absolute Gasteiger partial charge is 0.496 e. The van der Waals surface area contributed by atoms with E-state index < -0.39 is 16.5 Å². The molecule has 0 saturated carbocycles. The number of hydrogen-bond donors (Lipinski definition) is 1. The van der Waals surface area contributed by atoms with Crippen molar-refractivity contribution in [1.82, 2.24) is 9.97 Å². The van der Waals surface area contributed by atoms with E-state index in [4.69, 9.17) is 49.0 Å². The lowest BCUT2D eigenvalue weighted by Gasteiger charge is -2.14. The zero-order valence-corrected chi connectivity index (χ0v) is 19.5. The molecule has 1 N–H and O–H groups in total. The van der Waals surface area contributed by atoms with Crippen LogP contribution >= 0.6 is 34.8 Å². The van der Waals surface area contributed by atoms with Gasteiger partial charge < -0.3 is 14.2 Å².